The van der Waals surface area contributed by atoms with E-state index in [9.17, 15) is 9.59 Å². The van der Waals surface area contributed by atoms with Crippen molar-refractivity contribution < 1.29 is 14.7 Å². The molecule has 0 spiro atoms. The molecule has 16 heavy (non-hydrogen) atoms. The van der Waals surface area contributed by atoms with Gasteiger partial charge in [-0.05, 0) is 25.7 Å². The molecule has 0 saturated heterocycles. The van der Waals surface area contributed by atoms with E-state index in [1.165, 1.54) is 0 Å². The van der Waals surface area contributed by atoms with Crippen LogP contribution >= 0.6 is 0 Å². The first-order valence-corrected chi connectivity index (χ1v) is 5.54. The van der Waals surface area contributed by atoms with Gasteiger partial charge in [-0.15, -0.1) is 0 Å². The molecule has 1 saturated carbocycles. The lowest BCUT2D eigenvalue weighted by Crippen LogP contribution is -2.46. The zero-order valence-electron chi connectivity index (χ0n) is 10.2. The zero-order chi connectivity index (χ0) is 12.5. The molecule has 3 atom stereocenters. The van der Waals surface area contributed by atoms with Crippen molar-refractivity contribution in [1.82, 2.24) is 10.6 Å². The van der Waals surface area contributed by atoms with Crippen LogP contribution in [-0.2, 0) is 4.79 Å². The van der Waals surface area contributed by atoms with Gasteiger partial charge in [0.05, 0.1) is 5.92 Å². The average molecular weight is 228 g/mol. The van der Waals surface area contributed by atoms with Crippen LogP contribution in [-0.4, -0.2) is 29.2 Å². The molecule has 1 rings (SSSR count). The summed E-state index contributed by atoms with van der Waals surface area (Å²) in [4.78, 5) is 22.2. The van der Waals surface area contributed by atoms with Gasteiger partial charge in [-0.3, -0.25) is 4.79 Å². The molecule has 92 valence electrons. The lowest BCUT2D eigenvalue weighted by molar-refractivity contribution is -0.141. The maximum absolute atomic E-state index is 11.5. The van der Waals surface area contributed by atoms with Gasteiger partial charge in [-0.2, -0.15) is 0 Å². The number of rotatable bonds is 4. The summed E-state index contributed by atoms with van der Waals surface area (Å²) in [5, 5.41) is 14.2. The van der Waals surface area contributed by atoms with Gasteiger partial charge in [0.15, 0.2) is 0 Å². The molecular weight excluding hydrogens is 208 g/mol. The van der Waals surface area contributed by atoms with E-state index in [1.807, 2.05) is 0 Å². The summed E-state index contributed by atoms with van der Waals surface area (Å²) in [6.45, 7) is 7.44. The minimum atomic E-state index is -0.903. The second-order valence-electron chi connectivity index (χ2n) is 5.28. The number of aliphatic carboxylic acids is 1. The molecule has 1 fully saturated rings. The molecule has 1 aliphatic rings. The number of carboxylic acid groups (broad SMARTS) is 1. The summed E-state index contributed by atoms with van der Waals surface area (Å²) >= 11 is 0. The standard InChI is InChI=1S/C11H20N2O3/c1-6(9(14)15)7(2)12-10(16)13-8-5-11(8,3)4/h6-8H,5H2,1-4H3,(H,14,15)(H2,12,13,16). The lowest BCUT2D eigenvalue weighted by Gasteiger charge is -2.18. The molecule has 3 unspecified atom stereocenters. The number of carboxylic acids is 1. The highest BCUT2D eigenvalue weighted by Crippen LogP contribution is 2.44. The van der Waals surface area contributed by atoms with Crippen molar-refractivity contribution in [3.63, 3.8) is 0 Å². The number of urea groups is 1. The van der Waals surface area contributed by atoms with E-state index >= 15 is 0 Å². The smallest absolute Gasteiger partial charge is 0.315 e. The van der Waals surface area contributed by atoms with Crippen LogP contribution in [0.25, 0.3) is 0 Å². The van der Waals surface area contributed by atoms with Gasteiger partial charge >= 0.3 is 12.0 Å². The molecule has 0 aromatic rings. The number of amides is 2. The van der Waals surface area contributed by atoms with Crippen molar-refractivity contribution >= 4 is 12.0 Å². The predicted molar refractivity (Wildman–Crippen MR) is 60.1 cm³/mol. The van der Waals surface area contributed by atoms with Gasteiger partial charge in [0, 0.05) is 12.1 Å². The summed E-state index contributed by atoms with van der Waals surface area (Å²) in [7, 11) is 0. The Labute approximate surface area is 95.6 Å². The second-order valence-corrected chi connectivity index (χ2v) is 5.28. The van der Waals surface area contributed by atoms with Crippen molar-refractivity contribution in [3.8, 4) is 0 Å². The Morgan fingerprint density at radius 1 is 1.38 bits per heavy atom. The number of hydrogen-bond acceptors (Lipinski definition) is 2. The third-order valence-corrected chi connectivity index (χ3v) is 3.32. The molecule has 0 heterocycles. The average Bonchev–Trinajstić information content (AvgIpc) is 2.71. The maximum atomic E-state index is 11.5. The van der Waals surface area contributed by atoms with E-state index in [0.29, 0.717) is 0 Å². The Balaban J connectivity index is 2.32. The van der Waals surface area contributed by atoms with Gasteiger partial charge < -0.3 is 15.7 Å². The molecule has 0 aromatic heterocycles. The molecule has 1 aliphatic carbocycles. The largest absolute Gasteiger partial charge is 0.481 e. The summed E-state index contributed by atoms with van der Waals surface area (Å²) < 4.78 is 0. The molecule has 0 radical (unpaired) electrons. The fourth-order valence-electron chi connectivity index (χ4n) is 1.46. The summed E-state index contributed by atoms with van der Waals surface area (Å²) in [5.74, 6) is -1.49. The van der Waals surface area contributed by atoms with Crippen LogP contribution in [0.1, 0.15) is 34.1 Å². The predicted octanol–water partition coefficient (Wildman–Crippen LogP) is 1.19. The van der Waals surface area contributed by atoms with Gasteiger partial charge in [0.25, 0.3) is 0 Å². The van der Waals surface area contributed by atoms with E-state index in [2.05, 4.69) is 24.5 Å². The van der Waals surface area contributed by atoms with Crippen LogP contribution < -0.4 is 10.6 Å². The highest BCUT2D eigenvalue weighted by Gasteiger charge is 2.46. The van der Waals surface area contributed by atoms with Crippen LogP contribution in [0.5, 0.6) is 0 Å². The fraction of sp³-hybridized carbons (Fsp3) is 0.818. The first-order chi connectivity index (χ1) is 7.24. The lowest BCUT2D eigenvalue weighted by atomic mass is 10.0. The number of hydrogen-bond donors (Lipinski definition) is 3. The molecule has 3 N–H and O–H groups in total. The Bertz CT molecular complexity index is 302. The number of nitrogens with one attached hydrogen (secondary N) is 2. The minimum absolute atomic E-state index is 0.180. The van der Waals surface area contributed by atoms with Crippen molar-refractivity contribution in [3.05, 3.63) is 0 Å². The van der Waals surface area contributed by atoms with Crippen molar-refractivity contribution in [2.75, 3.05) is 0 Å². The number of carbonyl (C=O) groups is 2. The molecular formula is C11H20N2O3. The Morgan fingerprint density at radius 3 is 2.25 bits per heavy atom. The van der Waals surface area contributed by atoms with Gasteiger partial charge in [-0.1, -0.05) is 13.8 Å². The molecule has 0 aromatic carbocycles. The summed E-state index contributed by atoms with van der Waals surface area (Å²) in [6.07, 6.45) is 0.975. The molecule has 0 bridgehead atoms. The van der Waals surface area contributed by atoms with Gasteiger partial charge in [-0.25, -0.2) is 4.79 Å². The zero-order valence-corrected chi connectivity index (χ0v) is 10.2. The summed E-state index contributed by atoms with van der Waals surface area (Å²) in [6, 6.07) is -0.449. The van der Waals surface area contributed by atoms with Crippen molar-refractivity contribution in [2.45, 2.75) is 46.2 Å². The molecule has 5 heteroatoms. The Kier molecular flexibility index (Phi) is 3.45. The highest BCUT2D eigenvalue weighted by molar-refractivity contribution is 5.77. The van der Waals surface area contributed by atoms with E-state index in [0.717, 1.165) is 6.42 Å². The van der Waals surface area contributed by atoms with Crippen LogP contribution in [0.3, 0.4) is 0 Å². The highest BCUT2D eigenvalue weighted by atomic mass is 16.4. The van der Waals surface area contributed by atoms with Crippen LogP contribution in [0, 0.1) is 11.3 Å². The third kappa shape index (κ3) is 3.12. The molecule has 2 amide bonds. The Morgan fingerprint density at radius 2 is 1.88 bits per heavy atom. The summed E-state index contributed by atoms with van der Waals surface area (Å²) in [5.41, 5.74) is 0.180. The van der Waals surface area contributed by atoms with Crippen LogP contribution in [0.4, 0.5) is 4.79 Å². The topological polar surface area (TPSA) is 78.4 Å². The first kappa shape index (κ1) is 12.8. The van der Waals surface area contributed by atoms with E-state index < -0.39 is 11.9 Å². The van der Waals surface area contributed by atoms with Gasteiger partial charge in [0.2, 0.25) is 0 Å². The number of carbonyl (C=O) groups excluding carboxylic acids is 1. The molecule has 0 aliphatic heterocycles. The van der Waals surface area contributed by atoms with Gasteiger partial charge in [0.1, 0.15) is 0 Å². The van der Waals surface area contributed by atoms with E-state index in [4.69, 9.17) is 5.11 Å². The van der Waals surface area contributed by atoms with E-state index in [1.54, 1.807) is 13.8 Å². The minimum Gasteiger partial charge on any atom is -0.481 e. The van der Waals surface area contributed by atoms with Crippen LogP contribution in [0.15, 0.2) is 0 Å². The monoisotopic (exact) mass is 228 g/mol. The van der Waals surface area contributed by atoms with Crippen molar-refractivity contribution in [2.24, 2.45) is 11.3 Å². The molecule has 5 nitrogen and oxygen atoms in total. The van der Waals surface area contributed by atoms with Crippen molar-refractivity contribution in [1.29, 1.82) is 0 Å². The second kappa shape index (κ2) is 4.31. The normalized spacial score (nSPS) is 25.4. The third-order valence-electron chi connectivity index (χ3n) is 3.32. The van der Waals surface area contributed by atoms with E-state index in [-0.39, 0.29) is 23.5 Å². The SMILES string of the molecule is CC(NC(=O)NC1CC1(C)C)C(C)C(=O)O. The fourth-order valence-corrected chi connectivity index (χ4v) is 1.46. The van der Waals surface area contributed by atoms with Crippen LogP contribution in [0.2, 0.25) is 0 Å². The Hall–Kier alpha value is -1.26. The quantitative estimate of drug-likeness (QED) is 0.676. The maximum Gasteiger partial charge on any atom is 0.315 e. The first-order valence-electron chi connectivity index (χ1n) is 5.54.